The van der Waals surface area contributed by atoms with Crippen molar-refractivity contribution in [2.24, 2.45) is 5.73 Å². The lowest BCUT2D eigenvalue weighted by Crippen LogP contribution is -2.52. The van der Waals surface area contributed by atoms with Crippen LogP contribution in [0.3, 0.4) is 0 Å². The van der Waals surface area contributed by atoms with E-state index in [1.807, 2.05) is 0 Å². The van der Waals surface area contributed by atoms with Crippen LogP contribution in [0.1, 0.15) is 38.5 Å². The smallest absolute Gasteiger partial charge is 0.314 e. The van der Waals surface area contributed by atoms with E-state index in [1.54, 1.807) is 4.90 Å². The first kappa shape index (κ1) is 13.2. The van der Waals surface area contributed by atoms with Crippen LogP contribution in [0, 0.1) is 0 Å². The Morgan fingerprint density at radius 2 is 1.74 bits per heavy atom. The highest BCUT2D eigenvalue weighted by Gasteiger charge is 2.33. The molecule has 2 unspecified atom stereocenters. The van der Waals surface area contributed by atoms with Crippen molar-refractivity contribution in [3.8, 4) is 0 Å². The summed E-state index contributed by atoms with van der Waals surface area (Å²) in [6, 6.07) is 1.83. The van der Waals surface area contributed by atoms with Gasteiger partial charge in [0.25, 0.3) is 0 Å². The number of piperidine rings is 2. The second-order valence-corrected chi connectivity index (χ2v) is 6.32. The Balaban J connectivity index is 1.44. The summed E-state index contributed by atoms with van der Waals surface area (Å²) in [5, 5.41) is 3.82. The molecule has 0 saturated carbocycles. The number of nitrogens with two attached hydrogens (primary N) is 1. The van der Waals surface area contributed by atoms with Gasteiger partial charge in [-0.1, -0.05) is 0 Å². The van der Waals surface area contributed by atoms with Gasteiger partial charge in [-0.2, -0.15) is 0 Å². The molecule has 0 aromatic rings. The van der Waals surface area contributed by atoms with Crippen molar-refractivity contribution in [1.82, 2.24) is 15.1 Å². The molecule has 5 heteroatoms. The van der Waals surface area contributed by atoms with Gasteiger partial charge in [-0.15, -0.1) is 0 Å². The minimum atomic E-state index is -0.266. The van der Waals surface area contributed by atoms with Crippen LogP contribution in [0.15, 0.2) is 0 Å². The van der Waals surface area contributed by atoms with Gasteiger partial charge in [-0.05, 0) is 51.6 Å². The molecule has 2 atom stereocenters. The van der Waals surface area contributed by atoms with E-state index in [0.717, 1.165) is 32.0 Å². The quantitative estimate of drug-likeness (QED) is 0.775. The topological polar surface area (TPSA) is 61.6 Å². The van der Waals surface area contributed by atoms with Crippen LogP contribution in [0.5, 0.6) is 0 Å². The predicted molar refractivity (Wildman–Crippen MR) is 74.9 cm³/mol. The van der Waals surface area contributed by atoms with Gasteiger partial charge in [0.1, 0.15) is 0 Å². The van der Waals surface area contributed by atoms with Crippen LogP contribution in [0.25, 0.3) is 0 Å². The summed E-state index contributed by atoms with van der Waals surface area (Å²) in [5.41, 5.74) is 5.32. The van der Waals surface area contributed by atoms with Crippen LogP contribution in [-0.2, 0) is 0 Å². The molecule has 3 saturated heterocycles. The molecule has 2 amide bonds. The van der Waals surface area contributed by atoms with Gasteiger partial charge in [0, 0.05) is 31.2 Å². The molecule has 3 fully saturated rings. The second kappa shape index (κ2) is 5.67. The van der Waals surface area contributed by atoms with Crippen molar-refractivity contribution in [3.05, 3.63) is 0 Å². The number of likely N-dealkylation sites (tertiary alicyclic amines) is 1. The average molecular weight is 266 g/mol. The molecule has 108 valence electrons. The largest absolute Gasteiger partial charge is 0.351 e. The number of carbonyl (C=O) groups excluding carboxylic acids is 1. The Labute approximate surface area is 115 Å². The fourth-order valence-electron chi connectivity index (χ4n) is 3.98. The summed E-state index contributed by atoms with van der Waals surface area (Å²) in [7, 11) is 0. The van der Waals surface area contributed by atoms with Crippen LogP contribution in [-0.4, -0.2) is 60.1 Å². The molecule has 0 aromatic carbocycles. The van der Waals surface area contributed by atoms with Crippen LogP contribution in [0.2, 0.25) is 0 Å². The van der Waals surface area contributed by atoms with E-state index >= 15 is 0 Å². The van der Waals surface area contributed by atoms with E-state index in [1.165, 1.54) is 38.8 Å². The standard InChI is InChI=1S/C14H26N4O/c15-14(19)18-8-3-11(4-9-18)16-12-5-7-17-6-1-2-13(17)10-12/h11-13,16H,1-10H2,(H2,15,19). The molecule has 0 spiro atoms. The zero-order valence-corrected chi connectivity index (χ0v) is 11.7. The van der Waals surface area contributed by atoms with E-state index in [2.05, 4.69) is 10.2 Å². The Kier molecular flexibility index (Phi) is 3.93. The highest BCUT2D eigenvalue weighted by molar-refractivity contribution is 5.72. The van der Waals surface area contributed by atoms with Gasteiger partial charge in [0.05, 0.1) is 0 Å². The first-order valence-electron chi connectivity index (χ1n) is 7.77. The molecule has 3 rings (SSSR count). The summed E-state index contributed by atoms with van der Waals surface area (Å²) in [5.74, 6) is 0. The number of hydrogen-bond donors (Lipinski definition) is 2. The number of nitrogens with zero attached hydrogens (tertiary/aromatic N) is 2. The molecular weight excluding hydrogens is 240 g/mol. The molecule has 3 aliphatic rings. The number of urea groups is 1. The Hall–Kier alpha value is -0.810. The summed E-state index contributed by atoms with van der Waals surface area (Å²) < 4.78 is 0. The lowest BCUT2D eigenvalue weighted by atomic mass is 9.95. The molecule has 5 nitrogen and oxygen atoms in total. The van der Waals surface area contributed by atoms with Crippen molar-refractivity contribution in [1.29, 1.82) is 0 Å². The molecule has 3 N–H and O–H groups in total. The minimum Gasteiger partial charge on any atom is -0.351 e. The minimum absolute atomic E-state index is 0.266. The summed E-state index contributed by atoms with van der Waals surface area (Å²) in [6.45, 7) is 4.21. The van der Waals surface area contributed by atoms with Gasteiger partial charge in [-0.3, -0.25) is 0 Å². The maximum absolute atomic E-state index is 11.1. The molecule has 0 radical (unpaired) electrons. The van der Waals surface area contributed by atoms with E-state index in [9.17, 15) is 4.79 Å². The van der Waals surface area contributed by atoms with E-state index in [4.69, 9.17) is 5.73 Å². The van der Waals surface area contributed by atoms with E-state index in [-0.39, 0.29) is 6.03 Å². The van der Waals surface area contributed by atoms with Gasteiger partial charge < -0.3 is 20.9 Å². The van der Waals surface area contributed by atoms with E-state index < -0.39 is 0 Å². The summed E-state index contributed by atoms with van der Waals surface area (Å²) in [4.78, 5) is 15.5. The first-order valence-corrected chi connectivity index (χ1v) is 7.77. The van der Waals surface area contributed by atoms with Crippen molar-refractivity contribution in [2.45, 2.75) is 56.7 Å². The van der Waals surface area contributed by atoms with Crippen molar-refractivity contribution in [2.75, 3.05) is 26.2 Å². The number of amides is 2. The van der Waals surface area contributed by atoms with Crippen molar-refractivity contribution < 1.29 is 4.79 Å². The highest BCUT2D eigenvalue weighted by Crippen LogP contribution is 2.27. The summed E-state index contributed by atoms with van der Waals surface area (Å²) in [6.07, 6.45) is 7.47. The maximum Gasteiger partial charge on any atom is 0.314 e. The van der Waals surface area contributed by atoms with Gasteiger partial charge in [-0.25, -0.2) is 4.79 Å². The number of fused-ring (bicyclic) bond motifs is 1. The lowest BCUT2D eigenvalue weighted by molar-refractivity contribution is 0.145. The lowest BCUT2D eigenvalue weighted by Gasteiger charge is -2.39. The van der Waals surface area contributed by atoms with Crippen molar-refractivity contribution >= 4 is 6.03 Å². The zero-order chi connectivity index (χ0) is 13.2. The normalized spacial score (nSPS) is 33.4. The zero-order valence-electron chi connectivity index (χ0n) is 11.7. The number of rotatable bonds is 2. The van der Waals surface area contributed by atoms with E-state index in [0.29, 0.717) is 12.1 Å². The Morgan fingerprint density at radius 1 is 1.00 bits per heavy atom. The Bertz CT molecular complexity index is 327. The van der Waals surface area contributed by atoms with Crippen LogP contribution >= 0.6 is 0 Å². The monoisotopic (exact) mass is 266 g/mol. The summed E-state index contributed by atoms with van der Waals surface area (Å²) >= 11 is 0. The maximum atomic E-state index is 11.1. The molecule has 3 aliphatic heterocycles. The molecule has 0 bridgehead atoms. The van der Waals surface area contributed by atoms with Gasteiger partial charge in [0.2, 0.25) is 0 Å². The number of hydrogen-bond acceptors (Lipinski definition) is 3. The van der Waals surface area contributed by atoms with Crippen LogP contribution in [0.4, 0.5) is 4.79 Å². The SMILES string of the molecule is NC(=O)N1CCC(NC2CCN3CCCC3C2)CC1. The first-order chi connectivity index (χ1) is 9.22. The fourth-order valence-corrected chi connectivity index (χ4v) is 3.98. The van der Waals surface area contributed by atoms with Crippen molar-refractivity contribution in [3.63, 3.8) is 0 Å². The third kappa shape index (κ3) is 3.03. The molecule has 0 aromatic heterocycles. The number of primary amides is 1. The highest BCUT2D eigenvalue weighted by atomic mass is 16.2. The number of carbonyl (C=O) groups is 1. The molecule has 3 heterocycles. The molecule has 0 aliphatic carbocycles. The molecular formula is C14H26N4O. The van der Waals surface area contributed by atoms with Crippen LogP contribution < -0.4 is 11.1 Å². The Morgan fingerprint density at radius 3 is 2.47 bits per heavy atom. The third-order valence-electron chi connectivity index (χ3n) is 5.10. The van der Waals surface area contributed by atoms with Gasteiger partial charge in [0.15, 0.2) is 0 Å². The second-order valence-electron chi connectivity index (χ2n) is 6.32. The fraction of sp³-hybridized carbons (Fsp3) is 0.929. The number of nitrogens with one attached hydrogen (secondary N) is 1. The van der Waals surface area contributed by atoms with Gasteiger partial charge >= 0.3 is 6.03 Å². The predicted octanol–water partition coefficient (Wildman–Crippen LogP) is 0.746. The average Bonchev–Trinajstić information content (AvgIpc) is 2.87. The molecule has 19 heavy (non-hydrogen) atoms. The third-order valence-corrected chi connectivity index (χ3v) is 5.10.